The number of nitrogens with zero attached hydrogens (tertiary/aromatic N) is 4. The fourth-order valence-electron chi connectivity index (χ4n) is 2.59. The summed E-state index contributed by atoms with van der Waals surface area (Å²) in [6.45, 7) is 1.99. The van der Waals surface area contributed by atoms with E-state index in [1.54, 1.807) is 23.5 Å². The minimum Gasteiger partial charge on any atom is -0.478 e. The number of rotatable bonds is 3. The van der Waals surface area contributed by atoms with Gasteiger partial charge in [-0.3, -0.25) is 9.78 Å². The monoisotopic (exact) mass is 330 g/mol. The molecule has 3 rings (SSSR count). The van der Waals surface area contributed by atoms with Gasteiger partial charge < -0.3 is 14.9 Å². The summed E-state index contributed by atoms with van der Waals surface area (Å²) in [6, 6.07) is 3.32. The van der Waals surface area contributed by atoms with Gasteiger partial charge >= 0.3 is 5.97 Å². The van der Waals surface area contributed by atoms with Gasteiger partial charge in [-0.1, -0.05) is 0 Å². The highest BCUT2D eigenvalue weighted by Crippen LogP contribution is 2.16. The molecule has 124 valence electrons. The fraction of sp³-hybridized carbons (Fsp3) is 0.250. The zero-order valence-electron chi connectivity index (χ0n) is 12.7. The molecule has 1 aliphatic rings. The Kier molecular flexibility index (Phi) is 4.37. The molecule has 0 atom stereocenters. The molecule has 1 aliphatic heterocycles. The van der Waals surface area contributed by atoms with Crippen molar-refractivity contribution in [3.63, 3.8) is 0 Å². The van der Waals surface area contributed by atoms with Crippen molar-refractivity contribution in [3.05, 3.63) is 53.7 Å². The molecule has 2 heterocycles. The third kappa shape index (κ3) is 3.17. The average molecular weight is 330 g/mol. The van der Waals surface area contributed by atoms with Gasteiger partial charge in [0.15, 0.2) is 0 Å². The van der Waals surface area contributed by atoms with Gasteiger partial charge in [0.2, 0.25) is 0 Å². The lowest BCUT2D eigenvalue weighted by Gasteiger charge is -2.35. The molecule has 0 bridgehead atoms. The third-order valence-electron chi connectivity index (χ3n) is 3.89. The van der Waals surface area contributed by atoms with E-state index in [0.717, 1.165) is 11.9 Å². The molecule has 1 N–H and O–H groups in total. The predicted molar refractivity (Wildman–Crippen MR) is 83.5 cm³/mol. The van der Waals surface area contributed by atoms with Crippen LogP contribution in [-0.4, -0.2) is 58.0 Å². The maximum Gasteiger partial charge on any atom is 0.335 e. The molecule has 1 saturated heterocycles. The lowest BCUT2D eigenvalue weighted by Crippen LogP contribution is -2.49. The Morgan fingerprint density at radius 2 is 1.88 bits per heavy atom. The van der Waals surface area contributed by atoms with Crippen molar-refractivity contribution in [3.8, 4) is 0 Å². The van der Waals surface area contributed by atoms with Crippen LogP contribution in [0.15, 0.2) is 36.8 Å². The second kappa shape index (κ2) is 6.61. The molecule has 0 unspecified atom stereocenters. The number of carboxylic acids is 1. The number of amides is 1. The van der Waals surface area contributed by atoms with E-state index in [1.807, 2.05) is 4.90 Å². The SMILES string of the molecule is O=C(O)c1ccc(C(=O)N2CCN(c3cnccn3)CC2)c(F)c1. The number of benzene rings is 1. The summed E-state index contributed by atoms with van der Waals surface area (Å²) in [5, 5.41) is 8.85. The number of aromatic nitrogens is 2. The fourth-order valence-corrected chi connectivity index (χ4v) is 2.59. The van der Waals surface area contributed by atoms with E-state index in [0.29, 0.717) is 26.2 Å². The van der Waals surface area contributed by atoms with Gasteiger partial charge in [-0.25, -0.2) is 14.2 Å². The summed E-state index contributed by atoms with van der Waals surface area (Å²) in [4.78, 5) is 35.0. The Bertz CT molecular complexity index is 761. The van der Waals surface area contributed by atoms with Crippen LogP contribution < -0.4 is 4.90 Å². The Balaban J connectivity index is 1.68. The van der Waals surface area contributed by atoms with E-state index in [4.69, 9.17) is 5.11 Å². The number of hydrogen-bond donors (Lipinski definition) is 1. The van der Waals surface area contributed by atoms with Crippen LogP contribution in [0, 0.1) is 5.82 Å². The first-order chi connectivity index (χ1) is 11.6. The lowest BCUT2D eigenvalue weighted by atomic mass is 10.1. The van der Waals surface area contributed by atoms with Crippen molar-refractivity contribution in [2.45, 2.75) is 0 Å². The number of carboxylic acid groups (broad SMARTS) is 1. The van der Waals surface area contributed by atoms with E-state index in [-0.39, 0.29) is 11.1 Å². The van der Waals surface area contributed by atoms with Crippen molar-refractivity contribution in [2.24, 2.45) is 0 Å². The zero-order chi connectivity index (χ0) is 17.1. The van der Waals surface area contributed by atoms with Gasteiger partial charge in [0.05, 0.1) is 17.3 Å². The molecule has 7 nitrogen and oxygen atoms in total. The highest BCUT2D eigenvalue weighted by molar-refractivity contribution is 5.96. The van der Waals surface area contributed by atoms with Crippen molar-refractivity contribution >= 4 is 17.7 Å². The maximum absolute atomic E-state index is 14.0. The maximum atomic E-state index is 14.0. The number of halogens is 1. The van der Waals surface area contributed by atoms with Crippen LogP contribution in [0.1, 0.15) is 20.7 Å². The number of hydrogen-bond acceptors (Lipinski definition) is 5. The second-order valence-corrected chi connectivity index (χ2v) is 5.34. The Morgan fingerprint density at radius 1 is 1.12 bits per heavy atom. The highest BCUT2D eigenvalue weighted by Gasteiger charge is 2.25. The van der Waals surface area contributed by atoms with Crippen LogP contribution >= 0.6 is 0 Å². The predicted octanol–water partition coefficient (Wildman–Crippen LogP) is 1.28. The molecule has 8 heteroatoms. The first-order valence-corrected chi connectivity index (χ1v) is 7.39. The summed E-state index contributed by atoms with van der Waals surface area (Å²) in [5.41, 5.74) is -0.301. The highest BCUT2D eigenvalue weighted by atomic mass is 19.1. The van der Waals surface area contributed by atoms with E-state index in [9.17, 15) is 14.0 Å². The van der Waals surface area contributed by atoms with Gasteiger partial charge in [-0.05, 0) is 18.2 Å². The quantitative estimate of drug-likeness (QED) is 0.912. The van der Waals surface area contributed by atoms with Crippen molar-refractivity contribution in [1.29, 1.82) is 0 Å². The molecule has 1 amide bonds. The Labute approximate surface area is 137 Å². The minimum absolute atomic E-state index is 0.118. The molecule has 1 aromatic heterocycles. The van der Waals surface area contributed by atoms with Gasteiger partial charge in [0, 0.05) is 38.6 Å². The summed E-state index contributed by atoms with van der Waals surface area (Å²) >= 11 is 0. The van der Waals surface area contributed by atoms with Crippen LogP contribution in [0.5, 0.6) is 0 Å². The molecular formula is C16H15FN4O3. The van der Waals surface area contributed by atoms with Crippen LogP contribution in [0.25, 0.3) is 0 Å². The first-order valence-electron chi connectivity index (χ1n) is 7.39. The number of piperazine rings is 1. The van der Waals surface area contributed by atoms with Gasteiger partial charge in [-0.2, -0.15) is 0 Å². The number of carbonyl (C=O) groups is 2. The second-order valence-electron chi connectivity index (χ2n) is 5.34. The van der Waals surface area contributed by atoms with Crippen LogP contribution in [-0.2, 0) is 0 Å². The molecule has 2 aromatic rings. The minimum atomic E-state index is -1.23. The van der Waals surface area contributed by atoms with E-state index in [1.165, 1.54) is 12.1 Å². The van der Waals surface area contributed by atoms with Gasteiger partial charge in [0.1, 0.15) is 11.6 Å². The van der Waals surface area contributed by atoms with Gasteiger partial charge in [0.25, 0.3) is 5.91 Å². The largest absolute Gasteiger partial charge is 0.478 e. The summed E-state index contributed by atoms with van der Waals surface area (Å²) in [7, 11) is 0. The first kappa shape index (κ1) is 15.9. The smallest absolute Gasteiger partial charge is 0.335 e. The van der Waals surface area contributed by atoms with Crippen LogP contribution in [0.2, 0.25) is 0 Å². The van der Waals surface area contributed by atoms with Gasteiger partial charge in [-0.15, -0.1) is 0 Å². The lowest BCUT2D eigenvalue weighted by molar-refractivity contribution is 0.0691. The van der Waals surface area contributed by atoms with Crippen LogP contribution in [0.3, 0.4) is 0 Å². The normalized spacial score (nSPS) is 14.5. The molecule has 0 radical (unpaired) electrons. The molecule has 0 aliphatic carbocycles. The topological polar surface area (TPSA) is 86.6 Å². The van der Waals surface area contributed by atoms with E-state index < -0.39 is 17.7 Å². The Morgan fingerprint density at radius 3 is 2.46 bits per heavy atom. The Hall–Kier alpha value is -3.03. The molecule has 24 heavy (non-hydrogen) atoms. The van der Waals surface area contributed by atoms with Crippen molar-refractivity contribution in [2.75, 3.05) is 31.1 Å². The summed E-state index contributed by atoms with van der Waals surface area (Å²) in [6.07, 6.45) is 4.85. The van der Waals surface area contributed by atoms with E-state index in [2.05, 4.69) is 9.97 Å². The summed E-state index contributed by atoms with van der Waals surface area (Å²) in [5.74, 6) is -1.76. The summed E-state index contributed by atoms with van der Waals surface area (Å²) < 4.78 is 14.0. The standard InChI is InChI=1S/C16H15FN4O3/c17-13-9-11(16(23)24)1-2-12(13)15(22)21-7-5-20(6-8-21)14-10-18-3-4-19-14/h1-4,9-10H,5-8H2,(H,23,24). The van der Waals surface area contributed by atoms with E-state index >= 15 is 0 Å². The van der Waals surface area contributed by atoms with Crippen molar-refractivity contribution in [1.82, 2.24) is 14.9 Å². The van der Waals surface area contributed by atoms with Crippen LogP contribution in [0.4, 0.5) is 10.2 Å². The molecule has 0 saturated carbocycles. The molecule has 1 fully saturated rings. The van der Waals surface area contributed by atoms with Crippen molar-refractivity contribution < 1.29 is 19.1 Å². The molecule has 1 aromatic carbocycles. The number of carbonyl (C=O) groups excluding carboxylic acids is 1. The zero-order valence-corrected chi connectivity index (χ0v) is 12.7. The molecular weight excluding hydrogens is 315 g/mol. The third-order valence-corrected chi connectivity index (χ3v) is 3.89. The number of anilines is 1. The molecule has 0 spiro atoms. The average Bonchev–Trinajstić information content (AvgIpc) is 2.62. The number of aromatic carboxylic acids is 1.